The minimum atomic E-state index is -1.00. The van der Waals surface area contributed by atoms with E-state index in [-0.39, 0.29) is 25.5 Å². The zero-order valence-electron chi connectivity index (χ0n) is 14.4. The normalized spacial score (nSPS) is 11.4. The summed E-state index contributed by atoms with van der Waals surface area (Å²) in [5.74, 6) is -0.940. The summed E-state index contributed by atoms with van der Waals surface area (Å²) >= 11 is 0. The van der Waals surface area contributed by atoms with Crippen LogP contribution in [0.1, 0.15) is 52.9 Å². The number of hydrogen-bond donors (Lipinski definition) is 3. The van der Waals surface area contributed by atoms with E-state index < -0.39 is 12.0 Å². The molecule has 1 atom stereocenters. The molecule has 0 saturated carbocycles. The predicted octanol–water partition coefficient (Wildman–Crippen LogP) is 1.11. The number of rotatable bonds is 16. The van der Waals surface area contributed by atoms with Crippen LogP contribution in [0, 0.1) is 0 Å². The van der Waals surface area contributed by atoms with Crippen LogP contribution in [0.15, 0.2) is 0 Å². The van der Waals surface area contributed by atoms with Crippen molar-refractivity contribution in [3.63, 3.8) is 0 Å². The number of Topliss-reactive ketones (excluding diaryl/α,β-unsaturated/α-hetero) is 1. The lowest BCUT2D eigenvalue weighted by Crippen LogP contribution is -2.30. The average molecular weight is 362 g/mol. The Morgan fingerprint density at radius 1 is 1.00 bits per heavy atom. The highest BCUT2D eigenvalue weighted by molar-refractivity contribution is 5.76. The topological polar surface area (TPSA) is 128 Å². The molecule has 0 aromatic heterocycles. The van der Waals surface area contributed by atoms with Crippen LogP contribution in [0.2, 0.25) is 0 Å². The number of ether oxygens (including phenoxy) is 2. The third-order valence-electron chi connectivity index (χ3n) is 3.24. The lowest BCUT2D eigenvalue weighted by molar-refractivity contribution is -0.138. The van der Waals surface area contributed by atoms with Crippen molar-refractivity contribution in [1.29, 1.82) is 0 Å². The molecule has 148 valence electrons. The van der Waals surface area contributed by atoms with Crippen LogP contribution < -0.4 is 11.1 Å². The molecule has 0 rings (SSSR count). The molecule has 4 N–H and O–H groups in total. The van der Waals surface area contributed by atoms with E-state index in [1.807, 2.05) is 0 Å². The highest BCUT2D eigenvalue weighted by Gasteiger charge is 2.10. The van der Waals surface area contributed by atoms with E-state index in [9.17, 15) is 14.4 Å². The van der Waals surface area contributed by atoms with Gasteiger partial charge in [0.1, 0.15) is 11.8 Å². The first-order valence-electron chi connectivity index (χ1n) is 8.33. The van der Waals surface area contributed by atoms with Gasteiger partial charge in [0.05, 0.1) is 19.8 Å². The molecule has 0 aliphatic carbocycles. The van der Waals surface area contributed by atoms with Crippen LogP contribution in [-0.2, 0) is 23.9 Å². The number of unbranched alkanes of at least 4 members (excludes halogenated alkanes) is 1. The minimum absolute atomic E-state index is 0. The molecule has 8 heteroatoms. The van der Waals surface area contributed by atoms with Crippen LogP contribution in [-0.4, -0.2) is 61.8 Å². The Balaban J connectivity index is 0. The molecule has 0 aromatic rings. The Bertz CT molecular complexity index is 376. The number of amides is 1. The number of carboxylic acid groups (broad SMARTS) is 1. The maximum absolute atomic E-state index is 11.5. The van der Waals surface area contributed by atoms with Gasteiger partial charge in [-0.1, -0.05) is 7.43 Å². The SMILES string of the molecule is C.CC(=O)CCCOCCOCCC(=O)NCCCCC(N)C(=O)O. The highest BCUT2D eigenvalue weighted by Crippen LogP contribution is 1.98. The maximum atomic E-state index is 11.5. The lowest BCUT2D eigenvalue weighted by atomic mass is 10.1. The van der Waals surface area contributed by atoms with Gasteiger partial charge in [0, 0.05) is 26.0 Å². The van der Waals surface area contributed by atoms with Gasteiger partial charge < -0.3 is 30.4 Å². The molecular weight excluding hydrogens is 328 g/mol. The van der Waals surface area contributed by atoms with Gasteiger partial charge in [0.25, 0.3) is 0 Å². The van der Waals surface area contributed by atoms with E-state index in [2.05, 4.69) is 5.32 Å². The molecule has 0 spiro atoms. The molecule has 0 radical (unpaired) electrons. The van der Waals surface area contributed by atoms with Crippen LogP contribution in [0.25, 0.3) is 0 Å². The van der Waals surface area contributed by atoms with E-state index in [1.54, 1.807) is 6.92 Å². The number of carbonyl (C=O) groups excluding carboxylic acids is 2. The van der Waals surface area contributed by atoms with Gasteiger partial charge in [-0.2, -0.15) is 0 Å². The predicted molar refractivity (Wildman–Crippen MR) is 95.4 cm³/mol. The first-order valence-corrected chi connectivity index (χ1v) is 8.33. The lowest BCUT2D eigenvalue weighted by Gasteiger charge is -2.08. The molecule has 1 unspecified atom stereocenters. The monoisotopic (exact) mass is 362 g/mol. The number of carboxylic acids is 1. The zero-order valence-corrected chi connectivity index (χ0v) is 14.4. The second-order valence-corrected chi connectivity index (χ2v) is 5.57. The van der Waals surface area contributed by atoms with Crippen molar-refractivity contribution in [2.24, 2.45) is 5.73 Å². The van der Waals surface area contributed by atoms with Crippen LogP contribution >= 0.6 is 0 Å². The first-order chi connectivity index (χ1) is 11.4. The van der Waals surface area contributed by atoms with Gasteiger partial charge in [-0.15, -0.1) is 0 Å². The largest absolute Gasteiger partial charge is 0.480 e. The summed E-state index contributed by atoms with van der Waals surface area (Å²) in [6, 6.07) is -0.834. The van der Waals surface area contributed by atoms with Crippen LogP contribution in [0.4, 0.5) is 0 Å². The summed E-state index contributed by atoms with van der Waals surface area (Å²) in [4.78, 5) is 32.7. The smallest absolute Gasteiger partial charge is 0.320 e. The summed E-state index contributed by atoms with van der Waals surface area (Å²) in [5, 5.41) is 11.4. The van der Waals surface area contributed by atoms with Crippen LogP contribution in [0.3, 0.4) is 0 Å². The number of nitrogens with one attached hydrogen (secondary N) is 1. The van der Waals surface area contributed by atoms with E-state index in [0.29, 0.717) is 58.7 Å². The molecule has 1 amide bonds. The summed E-state index contributed by atoms with van der Waals surface area (Å²) in [6.07, 6.45) is 3.28. The van der Waals surface area contributed by atoms with Crippen molar-refractivity contribution in [3.05, 3.63) is 0 Å². The fraction of sp³-hybridized carbons (Fsp3) is 0.824. The number of ketones is 1. The van der Waals surface area contributed by atoms with E-state index in [0.717, 1.165) is 6.42 Å². The average Bonchev–Trinajstić information content (AvgIpc) is 2.52. The summed E-state index contributed by atoms with van der Waals surface area (Å²) in [7, 11) is 0. The summed E-state index contributed by atoms with van der Waals surface area (Å²) in [6.45, 7) is 3.79. The van der Waals surface area contributed by atoms with E-state index in [1.165, 1.54) is 0 Å². The molecule has 0 bridgehead atoms. The minimum Gasteiger partial charge on any atom is -0.480 e. The Morgan fingerprint density at radius 2 is 1.64 bits per heavy atom. The van der Waals surface area contributed by atoms with Crippen molar-refractivity contribution in [2.75, 3.05) is 33.0 Å². The fourth-order valence-corrected chi connectivity index (χ4v) is 1.84. The molecule has 0 aliphatic rings. The molecular formula is C17H34N2O6. The van der Waals surface area contributed by atoms with Gasteiger partial charge in [-0.05, 0) is 32.6 Å². The van der Waals surface area contributed by atoms with Crippen LogP contribution in [0.5, 0.6) is 0 Å². The third-order valence-corrected chi connectivity index (χ3v) is 3.24. The second kappa shape index (κ2) is 17.3. The third kappa shape index (κ3) is 18.7. The fourth-order valence-electron chi connectivity index (χ4n) is 1.84. The van der Waals surface area contributed by atoms with Gasteiger partial charge in [0.2, 0.25) is 5.91 Å². The Kier molecular flexibility index (Phi) is 17.8. The molecule has 0 aliphatic heterocycles. The van der Waals surface area contributed by atoms with Crippen molar-refractivity contribution >= 4 is 17.7 Å². The quantitative estimate of drug-likeness (QED) is 0.351. The van der Waals surface area contributed by atoms with Gasteiger partial charge in [-0.3, -0.25) is 9.59 Å². The maximum Gasteiger partial charge on any atom is 0.320 e. The van der Waals surface area contributed by atoms with Crippen molar-refractivity contribution in [1.82, 2.24) is 5.32 Å². The molecule has 0 saturated heterocycles. The summed E-state index contributed by atoms with van der Waals surface area (Å²) in [5.41, 5.74) is 5.38. The number of aliphatic carboxylic acids is 1. The van der Waals surface area contributed by atoms with Crippen molar-refractivity contribution < 1.29 is 29.0 Å². The van der Waals surface area contributed by atoms with E-state index >= 15 is 0 Å². The zero-order chi connectivity index (χ0) is 18.2. The van der Waals surface area contributed by atoms with Gasteiger partial charge in [0.15, 0.2) is 0 Å². The highest BCUT2D eigenvalue weighted by atomic mass is 16.5. The molecule has 8 nitrogen and oxygen atoms in total. The van der Waals surface area contributed by atoms with Crippen molar-refractivity contribution in [3.8, 4) is 0 Å². The van der Waals surface area contributed by atoms with Gasteiger partial charge in [-0.25, -0.2) is 0 Å². The van der Waals surface area contributed by atoms with Crippen molar-refractivity contribution in [2.45, 2.75) is 58.9 Å². The number of hydrogen-bond acceptors (Lipinski definition) is 6. The second-order valence-electron chi connectivity index (χ2n) is 5.57. The van der Waals surface area contributed by atoms with E-state index in [4.69, 9.17) is 20.3 Å². The summed E-state index contributed by atoms with van der Waals surface area (Å²) < 4.78 is 10.6. The number of nitrogens with two attached hydrogens (primary N) is 1. The Hall–Kier alpha value is -1.51. The standard InChI is InChI=1S/C16H30N2O6.CH4/c1-13(19)5-4-9-23-11-12-24-10-7-15(20)18-8-3-2-6-14(17)16(21)22;/h14H,2-12,17H2,1H3,(H,18,20)(H,21,22);1H4. The molecule has 0 aromatic carbocycles. The molecule has 0 fully saturated rings. The van der Waals surface area contributed by atoms with Gasteiger partial charge >= 0.3 is 5.97 Å². The first kappa shape index (κ1) is 25.7. The molecule has 0 heterocycles. The Morgan fingerprint density at radius 3 is 2.24 bits per heavy atom. The Labute approximate surface area is 150 Å². The molecule has 25 heavy (non-hydrogen) atoms. The number of carbonyl (C=O) groups is 3.